The summed E-state index contributed by atoms with van der Waals surface area (Å²) < 4.78 is 5.58. The minimum absolute atomic E-state index is 0.0198. The third-order valence-corrected chi connectivity index (χ3v) is 11.0. The first-order chi connectivity index (χ1) is 15.1. The number of esters is 1. The van der Waals surface area contributed by atoms with Crippen LogP contribution < -0.4 is 0 Å². The molecule has 32 heavy (non-hydrogen) atoms. The Hall–Kier alpha value is -0.860. The summed E-state index contributed by atoms with van der Waals surface area (Å²) in [5, 5.41) is 0. The van der Waals surface area contributed by atoms with Crippen molar-refractivity contribution < 1.29 is 14.3 Å². The van der Waals surface area contributed by atoms with E-state index in [-0.39, 0.29) is 23.4 Å². The number of ketones is 1. The van der Waals surface area contributed by atoms with Crippen molar-refractivity contribution in [3.63, 3.8) is 0 Å². The highest BCUT2D eigenvalue weighted by Gasteiger charge is 2.63. The first-order valence-electron chi connectivity index (χ1n) is 13.8. The van der Waals surface area contributed by atoms with E-state index in [4.69, 9.17) is 4.74 Å². The van der Waals surface area contributed by atoms with E-state index in [1.54, 1.807) is 0 Å². The standard InChI is InChI=1S/C29H48O3/c1-18(2)8-7-9-19(3)23-10-11-24-27-25(13-15-29(23,24)6)28(5)14-12-22(32-20(4)30)16-21(28)17-26(27)31/h18-19,21-25,27H,7-17H2,1-6H3. The highest BCUT2D eigenvalue weighted by atomic mass is 16.5. The lowest BCUT2D eigenvalue weighted by atomic mass is 9.44. The van der Waals surface area contributed by atoms with E-state index >= 15 is 0 Å². The minimum Gasteiger partial charge on any atom is -0.463 e. The lowest BCUT2D eigenvalue weighted by Crippen LogP contribution is -2.57. The van der Waals surface area contributed by atoms with Crippen molar-refractivity contribution >= 4 is 11.8 Å². The second-order valence-electron chi connectivity index (χ2n) is 13.1. The molecule has 0 aliphatic heterocycles. The molecule has 3 heteroatoms. The first-order valence-corrected chi connectivity index (χ1v) is 13.8. The number of Topliss-reactive ketones (excluding diaryl/α,β-unsaturated/α-hetero) is 1. The molecule has 9 unspecified atom stereocenters. The van der Waals surface area contributed by atoms with E-state index in [2.05, 4.69) is 34.6 Å². The van der Waals surface area contributed by atoms with Crippen molar-refractivity contribution in [1.29, 1.82) is 0 Å². The SMILES string of the molecule is CC(=O)OC1CCC2(C)C(CC(=O)C3C2CCC2(C)C(C(C)CCCC(C)C)CCC32)C1. The van der Waals surface area contributed by atoms with Crippen LogP contribution in [0.4, 0.5) is 0 Å². The van der Waals surface area contributed by atoms with E-state index < -0.39 is 0 Å². The summed E-state index contributed by atoms with van der Waals surface area (Å²) in [6.07, 6.45) is 12.9. The van der Waals surface area contributed by atoms with Crippen LogP contribution in [0.5, 0.6) is 0 Å². The van der Waals surface area contributed by atoms with Crippen LogP contribution in [0.15, 0.2) is 0 Å². The average Bonchev–Trinajstić information content (AvgIpc) is 3.05. The number of hydrogen-bond donors (Lipinski definition) is 0. The normalized spacial score (nSPS) is 44.5. The molecular weight excluding hydrogens is 396 g/mol. The van der Waals surface area contributed by atoms with Crippen molar-refractivity contribution in [3.8, 4) is 0 Å². The molecule has 4 saturated carbocycles. The maximum absolute atomic E-state index is 13.7. The van der Waals surface area contributed by atoms with Gasteiger partial charge in [-0.15, -0.1) is 0 Å². The quantitative estimate of drug-likeness (QED) is 0.406. The summed E-state index contributed by atoms with van der Waals surface area (Å²) in [6, 6.07) is 0. The maximum Gasteiger partial charge on any atom is 0.302 e. The minimum atomic E-state index is -0.174. The summed E-state index contributed by atoms with van der Waals surface area (Å²) >= 11 is 0. The van der Waals surface area contributed by atoms with Gasteiger partial charge in [-0.1, -0.05) is 53.9 Å². The number of hydrogen-bond acceptors (Lipinski definition) is 3. The number of ether oxygens (including phenoxy) is 1. The predicted octanol–water partition coefficient (Wildman–Crippen LogP) is 7.22. The molecule has 4 aliphatic rings. The lowest BCUT2D eigenvalue weighted by molar-refractivity contribution is -0.168. The molecule has 4 fully saturated rings. The largest absolute Gasteiger partial charge is 0.463 e. The summed E-state index contributed by atoms with van der Waals surface area (Å²) in [6.45, 7) is 13.7. The molecule has 182 valence electrons. The molecule has 0 bridgehead atoms. The Morgan fingerprint density at radius 1 is 1.00 bits per heavy atom. The number of rotatable bonds is 6. The van der Waals surface area contributed by atoms with E-state index in [1.807, 2.05) is 0 Å². The highest BCUT2D eigenvalue weighted by Crippen LogP contribution is 2.67. The van der Waals surface area contributed by atoms with Gasteiger partial charge in [0.05, 0.1) is 0 Å². The zero-order chi connectivity index (χ0) is 23.3. The molecule has 3 nitrogen and oxygen atoms in total. The zero-order valence-corrected chi connectivity index (χ0v) is 21.6. The fourth-order valence-corrected chi connectivity index (χ4v) is 9.26. The summed E-state index contributed by atoms with van der Waals surface area (Å²) in [4.78, 5) is 25.2. The molecule has 0 amide bonds. The van der Waals surface area contributed by atoms with E-state index in [9.17, 15) is 9.59 Å². The van der Waals surface area contributed by atoms with Crippen molar-refractivity contribution in [1.82, 2.24) is 0 Å². The lowest BCUT2D eigenvalue weighted by Gasteiger charge is -2.60. The molecular formula is C29H48O3. The molecule has 0 heterocycles. The monoisotopic (exact) mass is 444 g/mol. The number of carbonyl (C=O) groups excluding carboxylic acids is 2. The summed E-state index contributed by atoms with van der Waals surface area (Å²) in [5.41, 5.74) is 0.601. The molecule has 4 rings (SSSR count). The van der Waals surface area contributed by atoms with E-state index in [1.165, 1.54) is 51.9 Å². The predicted molar refractivity (Wildman–Crippen MR) is 129 cm³/mol. The van der Waals surface area contributed by atoms with Crippen LogP contribution in [0, 0.1) is 52.3 Å². The molecule has 4 aliphatic carbocycles. The Labute approximate surface area is 196 Å². The van der Waals surface area contributed by atoms with E-state index in [0.29, 0.717) is 29.0 Å². The third kappa shape index (κ3) is 4.20. The molecule has 0 radical (unpaired) electrons. The van der Waals surface area contributed by atoms with Gasteiger partial charge in [-0.05, 0) is 91.3 Å². The van der Waals surface area contributed by atoms with E-state index in [0.717, 1.165) is 43.4 Å². The number of carbonyl (C=O) groups is 2. The first kappa shape index (κ1) is 24.3. The fraction of sp³-hybridized carbons (Fsp3) is 0.931. The third-order valence-electron chi connectivity index (χ3n) is 11.0. The Balaban J connectivity index is 1.48. The smallest absolute Gasteiger partial charge is 0.302 e. The van der Waals surface area contributed by atoms with Gasteiger partial charge < -0.3 is 4.74 Å². The van der Waals surface area contributed by atoms with Crippen LogP contribution >= 0.6 is 0 Å². The molecule has 0 aromatic rings. The highest BCUT2D eigenvalue weighted by molar-refractivity contribution is 5.83. The second-order valence-corrected chi connectivity index (χ2v) is 13.1. The van der Waals surface area contributed by atoms with Crippen molar-refractivity contribution in [3.05, 3.63) is 0 Å². The van der Waals surface area contributed by atoms with Crippen LogP contribution in [0.2, 0.25) is 0 Å². The molecule has 0 N–H and O–H groups in total. The zero-order valence-electron chi connectivity index (χ0n) is 21.6. The van der Waals surface area contributed by atoms with Gasteiger partial charge in [0.15, 0.2) is 0 Å². The van der Waals surface area contributed by atoms with Gasteiger partial charge in [0.2, 0.25) is 0 Å². The Kier molecular flexibility index (Phi) is 6.87. The number of fused-ring (bicyclic) bond motifs is 5. The van der Waals surface area contributed by atoms with Crippen LogP contribution in [0.3, 0.4) is 0 Å². The van der Waals surface area contributed by atoms with Gasteiger partial charge in [0, 0.05) is 19.3 Å². The molecule has 0 spiro atoms. The summed E-state index contributed by atoms with van der Waals surface area (Å²) in [7, 11) is 0. The average molecular weight is 445 g/mol. The Morgan fingerprint density at radius 2 is 1.69 bits per heavy atom. The molecule has 0 aromatic carbocycles. The van der Waals surface area contributed by atoms with Crippen LogP contribution in [0.1, 0.15) is 112 Å². The van der Waals surface area contributed by atoms with Crippen LogP contribution in [-0.2, 0) is 14.3 Å². The van der Waals surface area contributed by atoms with Gasteiger partial charge in [-0.3, -0.25) is 9.59 Å². The molecule has 0 saturated heterocycles. The van der Waals surface area contributed by atoms with Crippen molar-refractivity contribution in [2.75, 3.05) is 0 Å². The molecule has 0 aromatic heterocycles. The Morgan fingerprint density at radius 3 is 2.38 bits per heavy atom. The van der Waals surface area contributed by atoms with Crippen molar-refractivity contribution in [2.45, 2.75) is 118 Å². The second kappa shape index (κ2) is 9.06. The van der Waals surface area contributed by atoms with Crippen LogP contribution in [0.25, 0.3) is 0 Å². The van der Waals surface area contributed by atoms with Gasteiger partial charge in [0.25, 0.3) is 0 Å². The topological polar surface area (TPSA) is 43.4 Å². The Bertz CT molecular complexity index is 713. The van der Waals surface area contributed by atoms with Crippen LogP contribution in [-0.4, -0.2) is 17.9 Å². The summed E-state index contributed by atoms with van der Waals surface area (Å²) in [5.74, 6) is 4.56. The fourth-order valence-electron chi connectivity index (χ4n) is 9.26. The maximum atomic E-state index is 13.7. The molecule has 9 atom stereocenters. The van der Waals surface area contributed by atoms with Gasteiger partial charge in [0.1, 0.15) is 11.9 Å². The van der Waals surface area contributed by atoms with Gasteiger partial charge in [-0.25, -0.2) is 0 Å². The van der Waals surface area contributed by atoms with Gasteiger partial charge >= 0.3 is 5.97 Å². The van der Waals surface area contributed by atoms with Gasteiger partial charge in [-0.2, -0.15) is 0 Å². The van der Waals surface area contributed by atoms with Crippen molar-refractivity contribution in [2.24, 2.45) is 52.3 Å².